The molecule has 0 atom stereocenters. The summed E-state index contributed by atoms with van der Waals surface area (Å²) in [5, 5.41) is 0.825. The van der Waals surface area contributed by atoms with E-state index >= 15 is 0 Å². The van der Waals surface area contributed by atoms with Gasteiger partial charge in [0.05, 0.1) is 0 Å². The molecule has 0 bridgehead atoms. The first-order valence-electron chi connectivity index (χ1n) is 10.8. The number of rotatable bonds is 5. The zero-order valence-corrected chi connectivity index (χ0v) is 18.4. The van der Waals surface area contributed by atoms with Gasteiger partial charge in [-0.25, -0.2) is 4.79 Å². The number of benzene rings is 1. The molecule has 2 heterocycles. The third-order valence-electron chi connectivity index (χ3n) is 5.81. The number of hydrogen-bond donors (Lipinski definition) is 0. The highest BCUT2D eigenvalue weighted by atomic mass is 35.5. The number of likely N-dealkylation sites (tertiary alicyclic amines) is 2. The molecule has 0 aliphatic carbocycles. The van der Waals surface area contributed by atoms with Crippen molar-refractivity contribution < 1.29 is 9.53 Å². The van der Waals surface area contributed by atoms with E-state index in [2.05, 4.69) is 17.0 Å². The quantitative estimate of drug-likeness (QED) is 0.648. The molecular formula is C23H35ClN2O2. The lowest BCUT2D eigenvalue weighted by atomic mass is 9.85. The van der Waals surface area contributed by atoms with Gasteiger partial charge in [-0.05, 0) is 108 Å². The molecule has 1 aromatic rings. The molecule has 156 valence electrons. The Kier molecular flexibility index (Phi) is 7.27. The zero-order valence-electron chi connectivity index (χ0n) is 17.7. The lowest BCUT2D eigenvalue weighted by Gasteiger charge is -2.34. The van der Waals surface area contributed by atoms with Crippen molar-refractivity contribution in [1.82, 2.24) is 9.80 Å². The molecule has 2 saturated heterocycles. The normalized spacial score (nSPS) is 19.2. The molecule has 0 spiro atoms. The van der Waals surface area contributed by atoms with Crippen LogP contribution in [0.5, 0.6) is 0 Å². The number of halogens is 1. The van der Waals surface area contributed by atoms with Crippen molar-refractivity contribution >= 4 is 17.7 Å². The highest BCUT2D eigenvalue weighted by Gasteiger charge is 2.28. The predicted octanol–water partition coefficient (Wildman–Crippen LogP) is 5.48. The number of nitrogens with zero attached hydrogens (tertiary/aromatic N) is 2. The molecule has 0 aromatic heterocycles. The zero-order chi connectivity index (χ0) is 20.1. The highest BCUT2D eigenvalue weighted by molar-refractivity contribution is 6.30. The molecule has 2 aliphatic heterocycles. The van der Waals surface area contributed by atoms with Crippen LogP contribution in [-0.2, 0) is 11.2 Å². The Hall–Kier alpha value is -1.26. The first kappa shape index (κ1) is 21.4. The Morgan fingerprint density at radius 1 is 1.14 bits per heavy atom. The summed E-state index contributed by atoms with van der Waals surface area (Å²) in [6, 6.07) is 6.38. The fraction of sp³-hybridized carbons (Fsp3) is 0.696. The predicted molar refractivity (Wildman–Crippen MR) is 115 cm³/mol. The van der Waals surface area contributed by atoms with Crippen molar-refractivity contribution in [3.8, 4) is 0 Å². The van der Waals surface area contributed by atoms with E-state index in [9.17, 15) is 4.79 Å². The topological polar surface area (TPSA) is 32.8 Å². The van der Waals surface area contributed by atoms with Gasteiger partial charge < -0.3 is 14.5 Å². The molecule has 0 unspecified atom stereocenters. The Bertz CT molecular complexity index is 657. The van der Waals surface area contributed by atoms with Crippen LogP contribution in [-0.4, -0.2) is 54.2 Å². The van der Waals surface area contributed by atoms with Crippen LogP contribution in [0.1, 0.15) is 69.9 Å². The van der Waals surface area contributed by atoms with Gasteiger partial charge in [-0.15, -0.1) is 0 Å². The van der Waals surface area contributed by atoms with E-state index in [-0.39, 0.29) is 6.09 Å². The van der Waals surface area contributed by atoms with Crippen LogP contribution in [0.2, 0.25) is 5.02 Å². The average Bonchev–Trinajstić information content (AvgIpc) is 3.14. The molecule has 28 heavy (non-hydrogen) atoms. The van der Waals surface area contributed by atoms with Gasteiger partial charge in [0, 0.05) is 18.1 Å². The molecule has 0 radical (unpaired) electrons. The van der Waals surface area contributed by atoms with Crippen LogP contribution >= 0.6 is 11.6 Å². The van der Waals surface area contributed by atoms with Crippen LogP contribution in [0.25, 0.3) is 0 Å². The summed E-state index contributed by atoms with van der Waals surface area (Å²) in [4.78, 5) is 16.7. The summed E-state index contributed by atoms with van der Waals surface area (Å²) in [6.45, 7) is 11.0. The minimum atomic E-state index is -0.438. The Balaban J connectivity index is 1.57. The van der Waals surface area contributed by atoms with Gasteiger partial charge >= 0.3 is 6.09 Å². The van der Waals surface area contributed by atoms with Gasteiger partial charge in [0.15, 0.2) is 0 Å². The molecule has 4 nitrogen and oxygen atoms in total. The molecule has 1 amide bonds. The number of carbonyl (C=O) groups is 1. The van der Waals surface area contributed by atoms with Crippen molar-refractivity contribution in [3.05, 3.63) is 34.3 Å². The van der Waals surface area contributed by atoms with E-state index in [0.717, 1.165) is 37.4 Å². The minimum Gasteiger partial charge on any atom is -0.444 e. The maximum absolute atomic E-state index is 12.3. The number of piperidine rings is 1. The van der Waals surface area contributed by atoms with Crippen LogP contribution in [0.4, 0.5) is 4.79 Å². The molecule has 0 saturated carbocycles. The second kappa shape index (κ2) is 9.49. The molecule has 0 N–H and O–H groups in total. The Morgan fingerprint density at radius 3 is 2.46 bits per heavy atom. The monoisotopic (exact) mass is 406 g/mol. The van der Waals surface area contributed by atoms with Gasteiger partial charge in [-0.2, -0.15) is 0 Å². The number of carbonyl (C=O) groups excluding carboxylic acids is 1. The maximum atomic E-state index is 12.3. The van der Waals surface area contributed by atoms with Crippen LogP contribution < -0.4 is 0 Å². The summed E-state index contributed by atoms with van der Waals surface area (Å²) in [5.41, 5.74) is 2.38. The standard InChI is InChI=1S/C23H35ClN2O2/c1-23(2,3)28-22(27)26-15-10-18(11-16-26)21-9-8-20(24)17-19(21)7-6-14-25-12-4-5-13-25/h8-9,17-18H,4-7,10-16H2,1-3H3. The summed E-state index contributed by atoms with van der Waals surface area (Å²) in [5.74, 6) is 0.498. The van der Waals surface area contributed by atoms with Crippen molar-refractivity contribution in [1.29, 1.82) is 0 Å². The fourth-order valence-corrected chi connectivity index (χ4v) is 4.58. The van der Waals surface area contributed by atoms with Gasteiger partial charge in [0.1, 0.15) is 5.60 Å². The largest absolute Gasteiger partial charge is 0.444 e. The van der Waals surface area contributed by atoms with Crippen LogP contribution in [0.3, 0.4) is 0 Å². The second-order valence-corrected chi connectivity index (χ2v) is 9.67. The first-order valence-corrected chi connectivity index (χ1v) is 11.2. The van der Waals surface area contributed by atoms with Crippen molar-refractivity contribution in [2.45, 2.75) is 70.8 Å². The third-order valence-corrected chi connectivity index (χ3v) is 6.05. The molecule has 2 aliphatic rings. The summed E-state index contributed by atoms with van der Waals surface area (Å²) in [7, 11) is 0. The summed E-state index contributed by atoms with van der Waals surface area (Å²) < 4.78 is 5.52. The number of hydrogen-bond acceptors (Lipinski definition) is 3. The third kappa shape index (κ3) is 6.12. The summed E-state index contributed by atoms with van der Waals surface area (Å²) >= 11 is 6.31. The van der Waals surface area contributed by atoms with E-state index < -0.39 is 5.60 Å². The van der Waals surface area contributed by atoms with Crippen LogP contribution in [0.15, 0.2) is 18.2 Å². The lowest BCUT2D eigenvalue weighted by molar-refractivity contribution is 0.0204. The van der Waals surface area contributed by atoms with Crippen molar-refractivity contribution in [3.63, 3.8) is 0 Å². The Labute approximate surface area is 175 Å². The minimum absolute atomic E-state index is 0.187. The first-order chi connectivity index (χ1) is 13.3. The maximum Gasteiger partial charge on any atom is 0.410 e. The van der Waals surface area contributed by atoms with Crippen LogP contribution in [0, 0.1) is 0 Å². The molecular weight excluding hydrogens is 372 g/mol. The van der Waals surface area contributed by atoms with E-state index in [0.29, 0.717) is 5.92 Å². The smallest absolute Gasteiger partial charge is 0.410 e. The van der Waals surface area contributed by atoms with E-state index in [1.54, 1.807) is 0 Å². The molecule has 3 rings (SSSR count). The number of aryl methyl sites for hydroxylation is 1. The second-order valence-electron chi connectivity index (χ2n) is 9.24. The lowest BCUT2D eigenvalue weighted by Crippen LogP contribution is -2.41. The highest BCUT2D eigenvalue weighted by Crippen LogP contribution is 2.33. The fourth-order valence-electron chi connectivity index (χ4n) is 4.39. The summed E-state index contributed by atoms with van der Waals surface area (Å²) in [6.07, 6.45) is 6.74. The van der Waals surface area contributed by atoms with Gasteiger partial charge in [0.25, 0.3) is 0 Å². The van der Waals surface area contributed by atoms with Gasteiger partial charge in [-0.3, -0.25) is 0 Å². The van der Waals surface area contributed by atoms with Gasteiger partial charge in [0.2, 0.25) is 0 Å². The molecule has 5 heteroatoms. The van der Waals surface area contributed by atoms with E-state index in [1.807, 2.05) is 31.7 Å². The van der Waals surface area contributed by atoms with Crippen molar-refractivity contribution in [2.75, 3.05) is 32.7 Å². The number of amides is 1. The van der Waals surface area contributed by atoms with Gasteiger partial charge in [-0.1, -0.05) is 17.7 Å². The SMILES string of the molecule is CC(C)(C)OC(=O)N1CCC(c2ccc(Cl)cc2CCCN2CCCC2)CC1. The van der Waals surface area contributed by atoms with E-state index in [4.69, 9.17) is 16.3 Å². The molecule has 2 fully saturated rings. The Morgan fingerprint density at radius 2 is 1.82 bits per heavy atom. The van der Waals surface area contributed by atoms with E-state index in [1.165, 1.54) is 50.0 Å². The number of ether oxygens (including phenoxy) is 1. The van der Waals surface area contributed by atoms with Crippen molar-refractivity contribution in [2.24, 2.45) is 0 Å². The molecule has 1 aromatic carbocycles. The average molecular weight is 407 g/mol.